The fourth-order valence-corrected chi connectivity index (χ4v) is 2.71. The third-order valence-corrected chi connectivity index (χ3v) is 4.06. The number of halogens is 7. The second-order valence-corrected chi connectivity index (χ2v) is 6.49. The van der Waals surface area contributed by atoms with Crippen molar-refractivity contribution in [2.75, 3.05) is 5.32 Å². The number of nitrogens with zero attached hydrogens (tertiary/aromatic N) is 3. The maximum atomic E-state index is 13.9. The van der Waals surface area contributed by atoms with Crippen LogP contribution in [-0.2, 0) is 5.92 Å². The minimum Gasteiger partial charge on any atom is -0.433 e. The average Bonchev–Trinajstić information content (AvgIpc) is 3.05. The molecule has 13 heteroatoms. The molecule has 31 heavy (non-hydrogen) atoms. The van der Waals surface area contributed by atoms with E-state index in [1.54, 1.807) is 6.92 Å². The van der Waals surface area contributed by atoms with Crippen molar-refractivity contribution in [3.05, 3.63) is 53.0 Å². The van der Waals surface area contributed by atoms with Crippen molar-refractivity contribution in [1.29, 1.82) is 0 Å². The second-order valence-electron chi connectivity index (χ2n) is 6.49. The Labute approximate surface area is 169 Å². The average molecular weight is 450 g/mol. The summed E-state index contributed by atoms with van der Waals surface area (Å²) in [5, 5.41) is 5.74. The summed E-state index contributed by atoms with van der Waals surface area (Å²) in [6.07, 6.45) is -5.91. The molecule has 166 valence electrons. The maximum Gasteiger partial charge on any atom is 0.459 e. The monoisotopic (exact) mass is 450 g/mol. The van der Waals surface area contributed by atoms with Crippen molar-refractivity contribution in [2.45, 2.75) is 32.6 Å². The molecule has 1 amide bonds. The first-order valence-corrected chi connectivity index (χ1v) is 8.49. The Morgan fingerprint density at radius 1 is 1.10 bits per heavy atom. The summed E-state index contributed by atoms with van der Waals surface area (Å²) in [4.78, 5) is 16.3. The maximum absolute atomic E-state index is 13.9. The Morgan fingerprint density at radius 2 is 1.77 bits per heavy atom. The third-order valence-electron chi connectivity index (χ3n) is 4.06. The van der Waals surface area contributed by atoms with Crippen LogP contribution in [0.15, 0.2) is 30.3 Å². The number of rotatable bonds is 5. The molecule has 0 saturated carbocycles. The third kappa shape index (κ3) is 4.39. The molecule has 0 bridgehead atoms. The molecule has 0 fully saturated rings. The quantitative estimate of drug-likeness (QED) is 0.565. The van der Waals surface area contributed by atoms with E-state index in [0.717, 1.165) is 6.07 Å². The van der Waals surface area contributed by atoms with Crippen LogP contribution in [0.4, 0.5) is 36.4 Å². The van der Waals surface area contributed by atoms with Crippen molar-refractivity contribution in [1.82, 2.24) is 14.6 Å². The van der Waals surface area contributed by atoms with Gasteiger partial charge in [-0.15, -0.1) is 0 Å². The Bertz CT molecular complexity index is 1140. The van der Waals surface area contributed by atoms with E-state index >= 15 is 0 Å². The van der Waals surface area contributed by atoms with Gasteiger partial charge >= 0.3 is 18.7 Å². The second kappa shape index (κ2) is 7.71. The summed E-state index contributed by atoms with van der Waals surface area (Å²) in [6, 6.07) is 5.31. The number of anilines is 1. The van der Waals surface area contributed by atoms with Gasteiger partial charge in [-0.3, -0.25) is 4.79 Å². The van der Waals surface area contributed by atoms with Gasteiger partial charge in [-0.1, -0.05) is 6.07 Å². The molecular weight excluding hydrogens is 437 g/mol. The highest BCUT2D eigenvalue weighted by molar-refractivity contribution is 6.04. The topological polar surface area (TPSA) is 68.5 Å². The van der Waals surface area contributed by atoms with Crippen LogP contribution in [0, 0.1) is 13.8 Å². The van der Waals surface area contributed by atoms with E-state index in [4.69, 9.17) is 0 Å². The summed E-state index contributed by atoms with van der Waals surface area (Å²) in [5.74, 6) is -6.71. The van der Waals surface area contributed by atoms with Gasteiger partial charge in [0, 0.05) is 11.8 Å². The van der Waals surface area contributed by atoms with Gasteiger partial charge < -0.3 is 10.1 Å². The minimum absolute atomic E-state index is 0.162. The molecule has 0 aliphatic carbocycles. The molecule has 0 unspecified atom stereocenters. The largest absolute Gasteiger partial charge is 0.459 e. The summed E-state index contributed by atoms with van der Waals surface area (Å²) < 4.78 is 96.1. The predicted molar refractivity (Wildman–Crippen MR) is 93.4 cm³/mol. The lowest BCUT2D eigenvalue weighted by atomic mass is 10.2. The van der Waals surface area contributed by atoms with Gasteiger partial charge in [0.05, 0.1) is 5.69 Å². The van der Waals surface area contributed by atoms with Crippen molar-refractivity contribution in [3.8, 4) is 5.75 Å². The van der Waals surface area contributed by atoms with Crippen LogP contribution in [0.2, 0.25) is 0 Å². The first-order chi connectivity index (χ1) is 14.3. The highest BCUT2D eigenvalue weighted by atomic mass is 19.4. The number of nitrogens with one attached hydrogen (secondary N) is 1. The molecule has 3 rings (SSSR count). The van der Waals surface area contributed by atoms with Gasteiger partial charge in [0.1, 0.15) is 11.4 Å². The molecule has 2 heterocycles. The number of amides is 1. The van der Waals surface area contributed by atoms with Gasteiger partial charge in [-0.05, 0) is 37.6 Å². The van der Waals surface area contributed by atoms with Crippen molar-refractivity contribution in [2.24, 2.45) is 0 Å². The predicted octanol–water partition coefficient (Wildman–Crippen LogP) is 4.85. The molecule has 0 spiro atoms. The highest BCUT2D eigenvalue weighted by Gasteiger charge is 2.60. The fraction of sp³-hybridized carbons (Fsp3) is 0.278. The first-order valence-electron chi connectivity index (χ1n) is 8.49. The molecule has 0 aliphatic rings. The molecule has 1 N–H and O–H groups in total. The number of hydrogen-bond donors (Lipinski definition) is 1. The van der Waals surface area contributed by atoms with Gasteiger partial charge in [0.25, 0.3) is 5.91 Å². The van der Waals surface area contributed by atoms with Crippen molar-refractivity contribution in [3.63, 3.8) is 0 Å². The fourth-order valence-electron chi connectivity index (χ4n) is 2.71. The number of aromatic nitrogens is 3. The molecule has 0 atom stereocenters. The standard InChI is InChI=1S/C18H13F7N4O2/c1-8-3-4-12(31-16(19)20)10(5-8)27-15(30)11-7-14-26-9(2)6-13(29(14)28-11)17(21,22)18(23,24)25/h3-7,16H,1-2H3,(H,27,30). The summed E-state index contributed by atoms with van der Waals surface area (Å²) in [5.41, 5.74) is -2.30. The number of fused-ring (bicyclic) bond motifs is 1. The van der Waals surface area contributed by atoms with Crippen molar-refractivity contribution >= 4 is 17.2 Å². The Hall–Kier alpha value is -3.38. The van der Waals surface area contributed by atoms with E-state index in [-0.39, 0.29) is 21.6 Å². The lowest BCUT2D eigenvalue weighted by Crippen LogP contribution is -2.36. The number of carbonyl (C=O) groups is 1. The van der Waals surface area contributed by atoms with E-state index in [9.17, 15) is 35.5 Å². The zero-order chi connectivity index (χ0) is 23.1. The number of ether oxygens (including phenoxy) is 1. The van der Waals surface area contributed by atoms with E-state index in [2.05, 4.69) is 20.1 Å². The summed E-state index contributed by atoms with van der Waals surface area (Å²) in [6.45, 7) is -0.387. The number of alkyl halides is 7. The van der Waals surface area contributed by atoms with Gasteiger partial charge in [0.15, 0.2) is 11.3 Å². The van der Waals surface area contributed by atoms with Crippen LogP contribution in [0.25, 0.3) is 5.65 Å². The van der Waals surface area contributed by atoms with Crippen LogP contribution < -0.4 is 10.1 Å². The van der Waals surface area contributed by atoms with Crippen molar-refractivity contribution < 1.29 is 40.3 Å². The Morgan fingerprint density at radius 3 is 2.39 bits per heavy atom. The number of benzene rings is 1. The zero-order valence-corrected chi connectivity index (χ0v) is 15.8. The highest BCUT2D eigenvalue weighted by Crippen LogP contribution is 2.43. The molecule has 0 saturated heterocycles. The lowest BCUT2D eigenvalue weighted by Gasteiger charge is -2.20. The molecule has 6 nitrogen and oxygen atoms in total. The van der Waals surface area contributed by atoms with Crippen LogP contribution in [0.1, 0.15) is 27.4 Å². The van der Waals surface area contributed by atoms with Crippen LogP contribution in [0.3, 0.4) is 0 Å². The van der Waals surface area contributed by atoms with Gasteiger partial charge in [0.2, 0.25) is 0 Å². The summed E-state index contributed by atoms with van der Waals surface area (Å²) >= 11 is 0. The van der Waals surface area contributed by atoms with Crippen LogP contribution in [0.5, 0.6) is 5.75 Å². The van der Waals surface area contributed by atoms with E-state index in [0.29, 0.717) is 11.6 Å². The molecule has 3 aromatic rings. The summed E-state index contributed by atoms with van der Waals surface area (Å²) in [7, 11) is 0. The molecule has 2 aromatic heterocycles. The van der Waals surface area contributed by atoms with E-state index < -0.39 is 41.7 Å². The van der Waals surface area contributed by atoms with Gasteiger partial charge in [-0.2, -0.15) is 35.8 Å². The molecular formula is C18H13F7N4O2. The van der Waals surface area contributed by atoms with E-state index in [1.165, 1.54) is 25.1 Å². The first kappa shape index (κ1) is 22.3. The molecule has 0 aliphatic heterocycles. The number of carbonyl (C=O) groups excluding carboxylic acids is 1. The SMILES string of the molecule is Cc1ccc(OC(F)F)c(NC(=O)c2cc3nc(C)cc(C(F)(F)C(F)(F)F)n3n2)c1. The van der Waals surface area contributed by atoms with Gasteiger partial charge in [-0.25, -0.2) is 9.50 Å². The lowest BCUT2D eigenvalue weighted by molar-refractivity contribution is -0.291. The Kier molecular flexibility index (Phi) is 5.54. The zero-order valence-electron chi connectivity index (χ0n) is 15.8. The van der Waals surface area contributed by atoms with Crippen LogP contribution >= 0.6 is 0 Å². The number of hydrogen-bond acceptors (Lipinski definition) is 4. The number of aryl methyl sites for hydroxylation is 2. The molecule has 1 aromatic carbocycles. The smallest absolute Gasteiger partial charge is 0.433 e. The Balaban J connectivity index is 2.03. The molecule has 0 radical (unpaired) electrons. The van der Waals surface area contributed by atoms with Crippen LogP contribution in [-0.4, -0.2) is 33.3 Å². The normalized spacial score (nSPS) is 12.5. The van der Waals surface area contributed by atoms with E-state index in [1.807, 2.05) is 0 Å². The minimum atomic E-state index is -5.91.